The molecule has 2 unspecified atom stereocenters. The van der Waals surface area contributed by atoms with Crippen molar-refractivity contribution in [3.05, 3.63) is 23.5 Å². The van der Waals surface area contributed by atoms with E-state index in [9.17, 15) is 9.59 Å². The number of aryl methyl sites for hydroxylation is 1. The molecule has 1 saturated carbocycles. The number of nitrogens with one attached hydrogen (secondary N) is 1. The second-order valence-electron chi connectivity index (χ2n) is 5.62. The van der Waals surface area contributed by atoms with Gasteiger partial charge < -0.3 is 9.88 Å². The van der Waals surface area contributed by atoms with Gasteiger partial charge in [0.2, 0.25) is 0 Å². The summed E-state index contributed by atoms with van der Waals surface area (Å²) in [5.74, 6) is 0.444. The van der Waals surface area contributed by atoms with Gasteiger partial charge in [0.05, 0.1) is 0 Å². The molecule has 1 fully saturated rings. The smallest absolute Gasteiger partial charge is 0.268 e. The van der Waals surface area contributed by atoms with Gasteiger partial charge in [-0.15, -0.1) is 0 Å². The van der Waals surface area contributed by atoms with Crippen molar-refractivity contribution in [2.24, 2.45) is 13.0 Å². The Hall–Kier alpha value is -1.58. The summed E-state index contributed by atoms with van der Waals surface area (Å²) in [7, 11) is 1.80. The van der Waals surface area contributed by atoms with Crippen molar-refractivity contribution in [3.8, 4) is 0 Å². The van der Waals surface area contributed by atoms with E-state index in [1.54, 1.807) is 23.9 Å². The third-order valence-corrected chi connectivity index (χ3v) is 4.07. The number of nitrogens with zero attached hydrogens (tertiary/aromatic N) is 1. The van der Waals surface area contributed by atoms with Gasteiger partial charge >= 0.3 is 0 Å². The maximum atomic E-state index is 12.3. The Balaban J connectivity index is 2.09. The summed E-state index contributed by atoms with van der Waals surface area (Å²) < 4.78 is 1.72. The molecule has 19 heavy (non-hydrogen) atoms. The van der Waals surface area contributed by atoms with Gasteiger partial charge in [-0.3, -0.25) is 9.59 Å². The first-order chi connectivity index (χ1) is 8.99. The van der Waals surface area contributed by atoms with E-state index in [4.69, 9.17) is 0 Å². The second kappa shape index (κ2) is 5.59. The van der Waals surface area contributed by atoms with E-state index in [2.05, 4.69) is 12.2 Å². The summed E-state index contributed by atoms with van der Waals surface area (Å²) in [6.07, 6.45) is 6.38. The second-order valence-corrected chi connectivity index (χ2v) is 5.62. The molecular weight excluding hydrogens is 240 g/mol. The minimum absolute atomic E-state index is 0.0133. The van der Waals surface area contributed by atoms with Crippen LogP contribution < -0.4 is 5.32 Å². The van der Waals surface area contributed by atoms with Crippen molar-refractivity contribution in [1.82, 2.24) is 9.88 Å². The molecule has 0 radical (unpaired) electrons. The summed E-state index contributed by atoms with van der Waals surface area (Å²) in [5.41, 5.74) is 1.15. The van der Waals surface area contributed by atoms with Gasteiger partial charge in [-0.25, -0.2) is 0 Å². The maximum absolute atomic E-state index is 12.3. The van der Waals surface area contributed by atoms with Crippen molar-refractivity contribution < 1.29 is 9.59 Å². The molecule has 1 heterocycles. The Morgan fingerprint density at radius 1 is 1.32 bits per heavy atom. The number of ketones is 1. The van der Waals surface area contributed by atoms with Crippen LogP contribution >= 0.6 is 0 Å². The normalized spacial score (nSPS) is 23.1. The topological polar surface area (TPSA) is 51.1 Å². The van der Waals surface area contributed by atoms with Crippen LogP contribution in [-0.4, -0.2) is 22.3 Å². The first kappa shape index (κ1) is 13.8. The summed E-state index contributed by atoms with van der Waals surface area (Å²) in [6.45, 7) is 3.70. The fourth-order valence-electron chi connectivity index (χ4n) is 2.76. The lowest BCUT2D eigenvalue weighted by atomic mass is 9.86. The summed E-state index contributed by atoms with van der Waals surface area (Å²) in [5, 5.41) is 3.11. The highest BCUT2D eigenvalue weighted by Crippen LogP contribution is 2.24. The maximum Gasteiger partial charge on any atom is 0.268 e. The van der Waals surface area contributed by atoms with Gasteiger partial charge in [0.1, 0.15) is 5.69 Å². The molecule has 0 aromatic carbocycles. The fourth-order valence-corrected chi connectivity index (χ4v) is 2.76. The molecule has 0 spiro atoms. The fraction of sp³-hybridized carbons (Fsp3) is 0.600. The third-order valence-electron chi connectivity index (χ3n) is 4.07. The summed E-state index contributed by atoms with van der Waals surface area (Å²) in [4.78, 5) is 23.6. The van der Waals surface area contributed by atoms with Gasteiger partial charge in [-0.2, -0.15) is 0 Å². The lowest BCUT2D eigenvalue weighted by Gasteiger charge is -2.29. The standard InChI is InChI=1S/C15H22N2O2/c1-10-6-4-5-7-13(10)16-15(19)14-8-12(11(2)18)9-17(14)3/h8-10,13H,4-7H2,1-3H3,(H,16,19). The molecule has 1 amide bonds. The summed E-state index contributed by atoms with van der Waals surface area (Å²) >= 11 is 0. The quantitative estimate of drug-likeness (QED) is 0.851. The monoisotopic (exact) mass is 262 g/mol. The molecule has 2 rings (SSSR count). The summed E-state index contributed by atoms with van der Waals surface area (Å²) in [6, 6.07) is 1.93. The van der Waals surface area contributed by atoms with Crippen molar-refractivity contribution in [1.29, 1.82) is 0 Å². The SMILES string of the molecule is CC(=O)c1cc(C(=O)NC2CCCCC2C)n(C)c1. The van der Waals surface area contributed by atoms with Crippen molar-refractivity contribution in [2.75, 3.05) is 0 Å². The molecule has 1 aromatic heterocycles. The predicted octanol–water partition coefficient (Wildman–Crippen LogP) is 2.54. The van der Waals surface area contributed by atoms with Crippen LogP contribution in [0.1, 0.15) is 60.4 Å². The molecule has 4 nitrogen and oxygen atoms in total. The zero-order valence-electron chi connectivity index (χ0n) is 11.9. The Labute approximate surface area is 114 Å². The highest BCUT2D eigenvalue weighted by molar-refractivity contribution is 5.99. The molecule has 4 heteroatoms. The van der Waals surface area contributed by atoms with E-state index < -0.39 is 0 Å². The van der Waals surface area contributed by atoms with E-state index in [1.165, 1.54) is 26.2 Å². The average molecular weight is 262 g/mol. The molecule has 0 aliphatic heterocycles. The Morgan fingerprint density at radius 2 is 2.00 bits per heavy atom. The molecule has 2 atom stereocenters. The van der Waals surface area contributed by atoms with Crippen molar-refractivity contribution in [2.45, 2.75) is 45.6 Å². The van der Waals surface area contributed by atoms with Gasteiger partial charge in [0.15, 0.2) is 5.78 Å². The van der Waals surface area contributed by atoms with Crippen LogP contribution in [0, 0.1) is 5.92 Å². The van der Waals surface area contributed by atoms with Crippen LogP contribution in [0.5, 0.6) is 0 Å². The zero-order valence-corrected chi connectivity index (χ0v) is 11.9. The van der Waals surface area contributed by atoms with Crippen LogP contribution in [-0.2, 0) is 7.05 Å². The average Bonchev–Trinajstić information content (AvgIpc) is 2.74. The highest BCUT2D eigenvalue weighted by atomic mass is 16.2. The van der Waals surface area contributed by atoms with E-state index in [-0.39, 0.29) is 17.7 Å². The number of amides is 1. The van der Waals surface area contributed by atoms with E-state index in [1.807, 2.05) is 0 Å². The first-order valence-electron chi connectivity index (χ1n) is 6.97. The lowest BCUT2D eigenvalue weighted by molar-refractivity contribution is 0.0902. The molecular formula is C15H22N2O2. The third kappa shape index (κ3) is 3.06. The number of hydrogen-bond donors (Lipinski definition) is 1. The lowest BCUT2D eigenvalue weighted by Crippen LogP contribution is -2.41. The Morgan fingerprint density at radius 3 is 2.58 bits per heavy atom. The minimum Gasteiger partial charge on any atom is -0.348 e. The number of Topliss-reactive ketones (excluding diaryl/α,β-unsaturated/α-hetero) is 1. The molecule has 0 saturated heterocycles. The van der Waals surface area contributed by atoms with Gasteiger partial charge in [0, 0.05) is 24.8 Å². The van der Waals surface area contributed by atoms with Crippen LogP contribution in [0.4, 0.5) is 0 Å². The van der Waals surface area contributed by atoms with Crippen LogP contribution in [0.15, 0.2) is 12.3 Å². The number of carbonyl (C=O) groups excluding carboxylic acids is 2. The number of aromatic nitrogens is 1. The molecule has 0 bridgehead atoms. The Bertz CT molecular complexity index is 490. The van der Waals surface area contributed by atoms with Crippen LogP contribution in [0.2, 0.25) is 0 Å². The van der Waals surface area contributed by atoms with Crippen molar-refractivity contribution in [3.63, 3.8) is 0 Å². The minimum atomic E-state index is -0.0752. The molecule has 1 aromatic rings. The van der Waals surface area contributed by atoms with Gasteiger partial charge in [-0.1, -0.05) is 19.8 Å². The molecule has 104 valence electrons. The van der Waals surface area contributed by atoms with Gasteiger partial charge in [-0.05, 0) is 31.7 Å². The van der Waals surface area contributed by atoms with E-state index in [0.717, 1.165) is 6.42 Å². The van der Waals surface area contributed by atoms with E-state index in [0.29, 0.717) is 17.2 Å². The van der Waals surface area contributed by atoms with Crippen molar-refractivity contribution >= 4 is 11.7 Å². The molecule has 1 aliphatic carbocycles. The molecule has 1 aliphatic rings. The Kier molecular flexibility index (Phi) is 4.08. The number of rotatable bonds is 3. The largest absolute Gasteiger partial charge is 0.348 e. The zero-order chi connectivity index (χ0) is 14.0. The van der Waals surface area contributed by atoms with Crippen LogP contribution in [0.25, 0.3) is 0 Å². The number of hydrogen-bond acceptors (Lipinski definition) is 2. The van der Waals surface area contributed by atoms with E-state index >= 15 is 0 Å². The molecule has 1 N–H and O–H groups in total. The highest BCUT2D eigenvalue weighted by Gasteiger charge is 2.24. The van der Waals surface area contributed by atoms with Gasteiger partial charge in [0.25, 0.3) is 5.91 Å². The predicted molar refractivity (Wildman–Crippen MR) is 74.3 cm³/mol. The first-order valence-corrected chi connectivity index (χ1v) is 6.97. The van der Waals surface area contributed by atoms with Crippen LogP contribution in [0.3, 0.4) is 0 Å². The number of carbonyl (C=O) groups is 2.